The van der Waals surface area contributed by atoms with Gasteiger partial charge in [0.05, 0.1) is 10.8 Å². The Kier molecular flexibility index (Phi) is 4.67. The predicted octanol–water partition coefficient (Wildman–Crippen LogP) is 3.12. The standard InChI is InChI=1S/C24H30BrN3O2/c25-17-6-4-16(5-7-17)24(21(27)30)19-9-8-18(22(19)11-12-22)23(24,20(26)29)10-1-2-13-28-14-3-15-28/h4-9,18-19H,1-3,10-15H2,(H2,26,29)(H2,27,30)/t18-,19+,23+,24-/m1/s1. The van der Waals surface area contributed by atoms with Gasteiger partial charge in [-0.2, -0.15) is 0 Å². The first-order valence-electron chi connectivity index (χ1n) is 11.2. The van der Waals surface area contributed by atoms with Crippen molar-refractivity contribution in [3.8, 4) is 0 Å². The van der Waals surface area contributed by atoms with Gasteiger partial charge in [0, 0.05) is 10.4 Å². The second kappa shape index (κ2) is 6.92. The summed E-state index contributed by atoms with van der Waals surface area (Å²) >= 11 is 3.49. The highest BCUT2D eigenvalue weighted by Gasteiger charge is 2.82. The van der Waals surface area contributed by atoms with E-state index < -0.39 is 16.7 Å². The minimum absolute atomic E-state index is 0.00680. The molecule has 5 rings (SSSR count). The van der Waals surface area contributed by atoms with Crippen LogP contribution < -0.4 is 11.5 Å². The number of rotatable bonds is 8. The number of carbonyl (C=O) groups excluding carboxylic acids is 2. The Morgan fingerprint density at radius 3 is 2.20 bits per heavy atom. The molecule has 1 aromatic rings. The Morgan fingerprint density at radius 2 is 1.67 bits per heavy atom. The number of carbonyl (C=O) groups is 2. The molecule has 1 spiro atoms. The predicted molar refractivity (Wildman–Crippen MR) is 119 cm³/mol. The molecule has 1 heterocycles. The summed E-state index contributed by atoms with van der Waals surface area (Å²) in [5, 5.41) is 0. The molecule has 2 saturated carbocycles. The molecule has 1 aliphatic heterocycles. The molecular weight excluding hydrogens is 442 g/mol. The van der Waals surface area contributed by atoms with Crippen LogP contribution in [0.25, 0.3) is 0 Å². The van der Waals surface area contributed by atoms with E-state index in [0.717, 1.165) is 42.3 Å². The summed E-state index contributed by atoms with van der Waals surface area (Å²) in [6.07, 6.45) is 10.2. The molecule has 0 radical (unpaired) electrons. The highest BCUT2D eigenvalue weighted by Crippen LogP contribution is 2.80. The van der Waals surface area contributed by atoms with E-state index in [2.05, 4.69) is 33.0 Å². The minimum Gasteiger partial charge on any atom is -0.369 e. The average molecular weight is 472 g/mol. The van der Waals surface area contributed by atoms with Crippen molar-refractivity contribution in [1.29, 1.82) is 0 Å². The number of nitrogens with two attached hydrogens (primary N) is 2. The maximum atomic E-state index is 13.4. The number of amides is 2. The molecule has 160 valence electrons. The molecule has 4 atom stereocenters. The van der Waals surface area contributed by atoms with Gasteiger partial charge in [-0.3, -0.25) is 9.59 Å². The van der Waals surface area contributed by atoms with Crippen LogP contribution >= 0.6 is 15.9 Å². The molecule has 6 heteroatoms. The van der Waals surface area contributed by atoms with Crippen LogP contribution in [-0.4, -0.2) is 36.3 Å². The number of allylic oxidation sites excluding steroid dienone is 2. The van der Waals surface area contributed by atoms with Crippen LogP contribution in [0.1, 0.15) is 44.1 Å². The Balaban J connectivity index is 1.59. The lowest BCUT2D eigenvalue weighted by Gasteiger charge is -2.48. The van der Waals surface area contributed by atoms with E-state index in [9.17, 15) is 9.59 Å². The lowest BCUT2D eigenvalue weighted by Crippen LogP contribution is -2.62. The summed E-state index contributed by atoms with van der Waals surface area (Å²) in [7, 11) is 0. The molecule has 4 aliphatic rings. The summed E-state index contributed by atoms with van der Waals surface area (Å²) in [5.74, 6) is -0.838. The zero-order chi connectivity index (χ0) is 21.1. The first-order valence-corrected chi connectivity index (χ1v) is 12.0. The molecule has 1 saturated heterocycles. The van der Waals surface area contributed by atoms with Crippen molar-refractivity contribution in [2.45, 2.75) is 43.9 Å². The zero-order valence-corrected chi connectivity index (χ0v) is 18.9. The fourth-order valence-electron chi connectivity index (χ4n) is 7.15. The summed E-state index contributed by atoms with van der Waals surface area (Å²) in [6, 6.07) is 7.78. The van der Waals surface area contributed by atoms with Crippen molar-refractivity contribution in [3.63, 3.8) is 0 Å². The van der Waals surface area contributed by atoms with Crippen molar-refractivity contribution in [2.24, 2.45) is 34.1 Å². The fraction of sp³-hybridized carbons (Fsp3) is 0.583. The van der Waals surface area contributed by atoms with E-state index in [1.807, 2.05) is 24.3 Å². The SMILES string of the molecule is NC(=O)[C@]1(CCCCN2CCC2)[C@@H]2C=C[C@@H](C23CC3)[C@@]1(C(N)=O)c1ccc(Br)cc1. The van der Waals surface area contributed by atoms with E-state index in [-0.39, 0.29) is 23.2 Å². The lowest BCUT2D eigenvalue weighted by atomic mass is 9.52. The van der Waals surface area contributed by atoms with Crippen molar-refractivity contribution in [3.05, 3.63) is 46.5 Å². The maximum absolute atomic E-state index is 13.4. The third-order valence-corrected chi connectivity index (χ3v) is 9.16. The zero-order valence-electron chi connectivity index (χ0n) is 17.3. The molecule has 0 unspecified atom stereocenters. The number of unbranched alkanes of at least 4 members (excludes halogenated alkanes) is 1. The van der Waals surface area contributed by atoms with Crippen LogP contribution in [-0.2, 0) is 15.0 Å². The second-order valence-corrected chi connectivity index (χ2v) is 10.7. The number of hydrogen-bond donors (Lipinski definition) is 2. The molecule has 3 aliphatic carbocycles. The first-order chi connectivity index (χ1) is 14.4. The first kappa shape index (κ1) is 20.3. The van der Waals surface area contributed by atoms with Crippen LogP contribution in [0, 0.1) is 22.7 Å². The van der Waals surface area contributed by atoms with E-state index in [0.29, 0.717) is 6.42 Å². The van der Waals surface area contributed by atoms with E-state index in [1.165, 1.54) is 19.5 Å². The number of likely N-dealkylation sites (tertiary alicyclic amines) is 1. The molecule has 2 amide bonds. The Bertz CT molecular complexity index is 906. The van der Waals surface area contributed by atoms with Crippen molar-refractivity contribution in [1.82, 2.24) is 4.90 Å². The van der Waals surface area contributed by atoms with E-state index in [1.54, 1.807) is 0 Å². The van der Waals surface area contributed by atoms with Gasteiger partial charge in [-0.25, -0.2) is 0 Å². The van der Waals surface area contributed by atoms with Gasteiger partial charge in [-0.05, 0) is 80.8 Å². The van der Waals surface area contributed by atoms with Gasteiger partial charge in [-0.15, -0.1) is 0 Å². The summed E-state index contributed by atoms with van der Waals surface area (Å²) in [4.78, 5) is 29.2. The van der Waals surface area contributed by atoms with Gasteiger partial charge in [0.2, 0.25) is 11.8 Å². The Labute approximate surface area is 186 Å². The largest absolute Gasteiger partial charge is 0.369 e. The lowest BCUT2D eigenvalue weighted by molar-refractivity contribution is -0.143. The smallest absolute Gasteiger partial charge is 0.229 e. The molecule has 1 aromatic carbocycles. The van der Waals surface area contributed by atoms with E-state index in [4.69, 9.17) is 11.5 Å². The van der Waals surface area contributed by atoms with E-state index >= 15 is 0 Å². The molecule has 4 N–H and O–H groups in total. The van der Waals surface area contributed by atoms with Gasteiger partial charge in [0.15, 0.2) is 0 Å². The number of primary amides is 2. The molecular formula is C24H30BrN3O2. The fourth-order valence-corrected chi connectivity index (χ4v) is 7.42. The highest BCUT2D eigenvalue weighted by atomic mass is 79.9. The van der Waals surface area contributed by atoms with Crippen LogP contribution in [0.2, 0.25) is 0 Å². The van der Waals surface area contributed by atoms with Crippen molar-refractivity contribution in [2.75, 3.05) is 19.6 Å². The van der Waals surface area contributed by atoms with Crippen LogP contribution in [0.4, 0.5) is 0 Å². The summed E-state index contributed by atoms with van der Waals surface area (Å²) in [6.45, 7) is 3.38. The molecule has 30 heavy (non-hydrogen) atoms. The molecule has 2 bridgehead atoms. The second-order valence-electron chi connectivity index (χ2n) is 9.74. The maximum Gasteiger partial charge on any atom is 0.229 e. The number of benzene rings is 1. The highest BCUT2D eigenvalue weighted by molar-refractivity contribution is 9.10. The van der Waals surface area contributed by atoms with Gasteiger partial charge in [0.1, 0.15) is 0 Å². The van der Waals surface area contributed by atoms with Crippen molar-refractivity contribution >= 4 is 27.7 Å². The number of nitrogens with zero attached hydrogens (tertiary/aromatic N) is 1. The van der Waals surface area contributed by atoms with Gasteiger partial charge >= 0.3 is 0 Å². The monoisotopic (exact) mass is 471 g/mol. The van der Waals surface area contributed by atoms with Crippen LogP contribution in [0.5, 0.6) is 0 Å². The average Bonchev–Trinajstić information content (AvgIpc) is 3.34. The van der Waals surface area contributed by atoms with Crippen LogP contribution in [0.3, 0.4) is 0 Å². The van der Waals surface area contributed by atoms with Gasteiger partial charge < -0.3 is 16.4 Å². The summed E-state index contributed by atoms with van der Waals surface area (Å²) < 4.78 is 0.935. The molecule has 3 fully saturated rings. The normalized spacial score (nSPS) is 35.5. The topological polar surface area (TPSA) is 89.4 Å². The summed E-state index contributed by atoms with van der Waals surface area (Å²) in [5.41, 5.74) is 11.2. The van der Waals surface area contributed by atoms with Gasteiger partial charge in [0.25, 0.3) is 0 Å². The van der Waals surface area contributed by atoms with Crippen molar-refractivity contribution < 1.29 is 9.59 Å². The molecule has 5 nitrogen and oxygen atoms in total. The Hall–Kier alpha value is -1.66. The number of hydrogen-bond acceptors (Lipinski definition) is 3. The van der Waals surface area contributed by atoms with Crippen LogP contribution in [0.15, 0.2) is 40.9 Å². The quantitative estimate of drug-likeness (QED) is 0.450. The third-order valence-electron chi connectivity index (χ3n) is 8.64. The number of halogens is 1. The molecule has 0 aromatic heterocycles. The Morgan fingerprint density at radius 1 is 1.00 bits per heavy atom. The third kappa shape index (κ3) is 2.44. The van der Waals surface area contributed by atoms with Gasteiger partial charge in [-0.1, -0.05) is 46.6 Å². The minimum atomic E-state index is -1.08.